The topological polar surface area (TPSA) is 74.8 Å². The van der Waals surface area contributed by atoms with E-state index in [1.54, 1.807) is 6.07 Å². The van der Waals surface area contributed by atoms with Crippen molar-refractivity contribution in [1.29, 1.82) is 0 Å². The number of nitrogens with zero attached hydrogens (tertiary/aromatic N) is 1. The molecule has 0 saturated carbocycles. The first-order valence-electron chi connectivity index (χ1n) is 8.33. The van der Waals surface area contributed by atoms with Crippen molar-refractivity contribution in [3.63, 3.8) is 0 Å². The number of nitrogens with one attached hydrogen (secondary N) is 2. The number of hydrogen-bond acceptors (Lipinski definition) is 4. The van der Waals surface area contributed by atoms with Crippen molar-refractivity contribution in [2.75, 3.05) is 4.72 Å². The van der Waals surface area contributed by atoms with Crippen LogP contribution in [0.15, 0.2) is 23.1 Å². The molecule has 0 aliphatic heterocycles. The molecule has 1 aromatic carbocycles. The molecule has 0 aliphatic carbocycles. The average molecular weight is 390 g/mol. The predicted octanol–water partition coefficient (Wildman–Crippen LogP) is 4.79. The van der Waals surface area contributed by atoms with Gasteiger partial charge in [-0.05, 0) is 64.3 Å². The van der Waals surface area contributed by atoms with Crippen LogP contribution in [0.3, 0.4) is 0 Å². The van der Waals surface area contributed by atoms with Gasteiger partial charge in [-0.15, -0.1) is 11.3 Å². The van der Waals surface area contributed by atoms with E-state index < -0.39 is 10.0 Å². The Morgan fingerprint density at radius 2 is 1.62 bits per heavy atom. The van der Waals surface area contributed by atoms with Gasteiger partial charge in [-0.25, -0.2) is 8.42 Å². The molecule has 2 aromatic heterocycles. The lowest BCUT2D eigenvalue weighted by molar-refractivity contribution is 0.601. The minimum absolute atomic E-state index is 0.303. The van der Waals surface area contributed by atoms with E-state index in [4.69, 9.17) is 0 Å². The van der Waals surface area contributed by atoms with Gasteiger partial charge in [0.25, 0.3) is 10.0 Å². The minimum Gasteiger partial charge on any atom is -0.282 e. The summed E-state index contributed by atoms with van der Waals surface area (Å²) in [6.07, 6.45) is 0. The third-order valence-electron chi connectivity index (χ3n) is 4.56. The fourth-order valence-electron chi connectivity index (χ4n) is 3.10. The maximum atomic E-state index is 13.0. The molecule has 3 rings (SSSR count). The monoisotopic (exact) mass is 389 g/mol. The molecule has 0 bridgehead atoms. The lowest BCUT2D eigenvalue weighted by atomic mass is 10.1. The smallest absolute Gasteiger partial charge is 0.263 e. The van der Waals surface area contributed by atoms with Crippen molar-refractivity contribution < 1.29 is 8.42 Å². The molecule has 0 fully saturated rings. The normalized spacial score (nSPS) is 11.8. The molecule has 0 unspecified atom stereocenters. The van der Waals surface area contributed by atoms with Crippen LogP contribution in [0.2, 0.25) is 0 Å². The number of aromatic amines is 1. The largest absolute Gasteiger partial charge is 0.282 e. The number of sulfonamides is 1. The average Bonchev–Trinajstić information content (AvgIpc) is 3.07. The molecule has 0 radical (unpaired) electrons. The Kier molecular flexibility index (Phi) is 4.71. The molecule has 0 atom stereocenters. The van der Waals surface area contributed by atoms with Gasteiger partial charge in [0, 0.05) is 10.6 Å². The zero-order valence-electron chi connectivity index (χ0n) is 15.8. The van der Waals surface area contributed by atoms with Crippen LogP contribution in [0.5, 0.6) is 0 Å². The highest BCUT2D eigenvalue weighted by Crippen LogP contribution is 2.36. The number of aromatic nitrogens is 2. The van der Waals surface area contributed by atoms with E-state index in [9.17, 15) is 8.42 Å². The van der Waals surface area contributed by atoms with Crippen molar-refractivity contribution in [3.8, 4) is 10.6 Å². The Balaban J connectivity index is 2.02. The molecular formula is C19H23N3O2S2. The highest BCUT2D eigenvalue weighted by molar-refractivity contribution is 7.93. The molecule has 2 N–H and O–H groups in total. The van der Waals surface area contributed by atoms with E-state index in [0.29, 0.717) is 10.6 Å². The standard InChI is InChI=1S/C19H23N3O2S2/c1-10-7-11(2)18(12(3)8-10)22-26(23,24)17-9-16(25-15(17)6)19-13(4)14(5)20-21-19/h7-9,22H,1-6H3,(H,20,21). The van der Waals surface area contributed by atoms with Gasteiger partial charge in [0.15, 0.2) is 0 Å². The number of hydrogen-bond donors (Lipinski definition) is 2. The number of anilines is 1. The SMILES string of the molecule is Cc1cc(C)c(NS(=O)(=O)c2cc(-c3n[nH]c(C)c3C)sc2C)c(C)c1. The molecular weight excluding hydrogens is 366 g/mol. The lowest BCUT2D eigenvalue weighted by Crippen LogP contribution is -2.15. The van der Waals surface area contributed by atoms with Gasteiger partial charge in [-0.3, -0.25) is 9.82 Å². The first kappa shape index (κ1) is 18.7. The summed E-state index contributed by atoms with van der Waals surface area (Å²) in [5.74, 6) is 0. The van der Waals surface area contributed by atoms with E-state index in [-0.39, 0.29) is 0 Å². The van der Waals surface area contributed by atoms with Crippen molar-refractivity contribution >= 4 is 27.0 Å². The molecule has 0 aliphatic rings. The lowest BCUT2D eigenvalue weighted by Gasteiger charge is -2.14. The second kappa shape index (κ2) is 6.55. The van der Waals surface area contributed by atoms with Gasteiger partial charge in [0.1, 0.15) is 10.6 Å². The van der Waals surface area contributed by atoms with Gasteiger partial charge in [0.2, 0.25) is 0 Å². The van der Waals surface area contributed by atoms with E-state index >= 15 is 0 Å². The van der Waals surface area contributed by atoms with Crippen LogP contribution in [0.1, 0.15) is 32.8 Å². The zero-order chi connectivity index (χ0) is 19.2. The Bertz CT molecular complexity index is 1070. The summed E-state index contributed by atoms with van der Waals surface area (Å²) in [5.41, 5.74) is 6.42. The van der Waals surface area contributed by atoms with Gasteiger partial charge >= 0.3 is 0 Å². The number of thiophene rings is 1. The molecule has 26 heavy (non-hydrogen) atoms. The Morgan fingerprint density at radius 3 is 2.15 bits per heavy atom. The molecule has 0 saturated heterocycles. The van der Waals surface area contributed by atoms with Crippen LogP contribution in [0, 0.1) is 41.5 Å². The molecule has 3 aromatic rings. The third kappa shape index (κ3) is 3.29. The van der Waals surface area contributed by atoms with E-state index in [0.717, 1.165) is 43.4 Å². The summed E-state index contributed by atoms with van der Waals surface area (Å²) in [6.45, 7) is 11.6. The second-order valence-corrected chi connectivity index (χ2v) is 9.64. The van der Waals surface area contributed by atoms with Crippen molar-refractivity contribution in [2.45, 2.75) is 46.4 Å². The zero-order valence-corrected chi connectivity index (χ0v) is 17.4. The minimum atomic E-state index is -3.67. The van der Waals surface area contributed by atoms with Crippen LogP contribution in [-0.4, -0.2) is 18.6 Å². The maximum absolute atomic E-state index is 13.0. The summed E-state index contributed by atoms with van der Waals surface area (Å²) in [4.78, 5) is 1.90. The molecule has 7 heteroatoms. The molecule has 0 spiro atoms. The first-order valence-corrected chi connectivity index (χ1v) is 10.6. The van der Waals surface area contributed by atoms with E-state index in [1.165, 1.54) is 11.3 Å². The van der Waals surface area contributed by atoms with Crippen LogP contribution < -0.4 is 4.72 Å². The van der Waals surface area contributed by atoms with Crippen LogP contribution >= 0.6 is 11.3 Å². The molecule has 0 amide bonds. The number of aryl methyl sites for hydroxylation is 5. The summed E-state index contributed by atoms with van der Waals surface area (Å²) in [6, 6.07) is 5.67. The number of benzene rings is 1. The summed E-state index contributed by atoms with van der Waals surface area (Å²) < 4.78 is 28.8. The van der Waals surface area contributed by atoms with E-state index in [2.05, 4.69) is 14.9 Å². The number of H-pyrrole nitrogens is 1. The van der Waals surface area contributed by atoms with Gasteiger partial charge in [-0.2, -0.15) is 5.10 Å². The second-order valence-electron chi connectivity index (χ2n) is 6.73. The van der Waals surface area contributed by atoms with Crippen molar-refractivity contribution in [1.82, 2.24) is 10.2 Å². The first-order chi connectivity index (χ1) is 12.1. The Morgan fingerprint density at radius 1 is 1.00 bits per heavy atom. The van der Waals surface area contributed by atoms with Crippen LogP contribution in [0.4, 0.5) is 5.69 Å². The summed E-state index contributed by atoms with van der Waals surface area (Å²) >= 11 is 1.44. The molecule has 5 nitrogen and oxygen atoms in total. The Hall–Kier alpha value is -2.12. The fraction of sp³-hybridized carbons (Fsp3) is 0.316. The van der Waals surface area contributed by atoms with Crippen LogP contribution in [0.25, 0.3) is 10.6 Å². The highest BCUT2D eigenvalue weighted by Gasteiger charge is 2.23. The van der Waals surface area contributed by atoms with E-state index in [1.807, 2.05) is 53.7 Å². The molecule has 2 heterocycles. The highest BCUT2D eigenvalue weighted by atomic mass is 32.2. The number of rotatable bonds is 4. The van der Waals surface area contributed by atoms with Crippen molar-refractivity contribution in [2.24, 2.45) is 0 Å². The van der Waals surface area contributed by atoms with Crippen molar-refractivity contribution in [3.05, 3.63) is 51.0 Å². The fourth-order valence-corrected chi connectivity index (χ4v) is 5.95. The predicted molar refractivity (Wildman–Crippen MR) is 108 cm³/mol. The van der Waals surface area contributed by atoms with Gasteiger partial charge in [0.05, 0.1) is 10.6 Å². The third-order valence-corrected chi connectivity index (χ3v) is 7.22. The Labute approximate surface area is 158 Å². The summed E-state index contributed by atoms with van der Waals surface area (Å²) in [5, 5.41) is 7.27. The summed E-state index contributed by atoms with van der Waals surface area (Å²) in [7, 11) is -3.67. The maximum Gasteiger partial charge on any atom is 0.263 e. The molecule has 138 valence electrons. The quantitative estimate of drug-likeness (QED) is 0.674. The van der Waals surface area contributed by atoms with Gasteiger partial charge < -0.3 is 0 Å². The van der Waals surface area contributed by atoms with Crippen LogP contribution in [-0.2, 0) is 10.0 Å². The van der Waals surface area contributed by atoms with Gasteiger partial charge in [-0.1, -0.05) is 17.7 Å².